The van der Waals surface area contributed by atoms with Crippen LogP contribution in [0.2, 0.25) is 0 Å². The molecule has 0 spiro atoms. The van der Waals surface area contributed by atoms with E-state index in [-0.39, 0.29) is 18.7 Å². The minimum Gasteiger partial charge on any atom is -0.481 e. The van der Waals surface area contributed by atoms with Crippen molar-refractivity contribution in [3.8, 4) is 23.5 Å². The molecular formula is C19H17FN6O2. The highest BCUT2D eigenvalue weighted by atomic mass is 19.1. The van der Waals surface area contributed by atoms with Gasteiger partial charge in [0, 0.05) is 24.4 Å². The highest BCUT2D eigenvalue weighted by Gasteiger charge is 2.09. The number of rotatable bonds is 5. The molecule has 0 radical (unpaired) electrons. The fourth-order valence-electron chi connectivity index (χ4n) is 2.28. The average molecular weight is 380 g/mol. The minimum atomic E-state index is -0.454. The van der Waals surface area contributed by atoms with Crippen molar-refractivity contribution in [1.82, 2.24) is 24.3 Å². The Morgan fingerprint density at radius 1 is 1.32 bits per heavy atom. The normalized spacial score (nSPS) is 11.0. The van der Waals surface area contributed by atoms with E-state index in [0.717, 1.165) is 4.68 Å². The second-order valence-electron chi connectivity index (χ2n) is 5.63. The number of methoxy groups -OCH3 is 1. The monoisotopic (exact) mass is 380 g/mol. The van der Waals surface area contributed by atoms with Gasteiger partial charge in [0.15, 0.2) is 0 Å². The van der Waals surface area contributed by atoms with Gasteiger partial charge >= 0.3 is 5.69 Å². The van der Waals surface area contributed by atoms with E-state index in [2.05, 4.69) is 26.9 Å². The Hall–Kier alpha value is -3.77. The summed E-state index contributed by atoms with van der Waals surface area (Å²) in [6.45, 7) is -0.0257. The van der Waals surface area contributed by atoms with Crippen molar-refractivity contribution in [2.24, 2.45) is 5.73 Å². The Bertz CT molecular complexity index is 1110. The van der Waals surface area contributed by atoms with E-state index in [4.69, 9.17) is 10.5 Å². The first-order valence-electron chi connectivity index (χ1n) is 8.26. The highest BCUT2D eigenvalue weighted by molar-refractivity contribution is 5.41. The van der Waals surface area contributed by atoms with E-state index < -0.39 is 5.69 Å². The van der Waals surface area contributed by atoms with Crippen LogP contribution in [0.3, 0.4) is 0 Å². The van der Waals surface area contributed by atoms with Crippen molar-refractivity contribution in [3.63, 3.8) is 0 Å². The van der Waals surface area contributed by atoms with Crippen LogP contribution in [0.1, 0.15) is 11.3 Å². The van der Waals surface area contributed by atoms with Crippen LogP contribution in [0.15, 0.2) is 59.6 Å². The average Bonchev–Trinajstić information content (AvgIpc) is 3.11. The van der Waals surface area contributed by atoms with Crippen molar-refractivity contribution >= 4 is 0 Å². The van der Waals surface area contributed by atoms with Gasteiger partial charge in [-0.3, -0.25) is 0 Å². The molecule has 0 saturated heterocycles. The Morgan fingerprint density at radius 3 is 2.86 bits per heavy atom. The fraction of sp³-hybridized carbons (Fsp3) is 0.158. The lowest BCUT2D eigenvalue weighted by Gasteiger charge is -2.02. The topological polar surface area (TPSA) is 101 Å². The summed E-state index contributed by atoms with van der Waals surface area (Å²) in [5.74, 6) is 6.73. The lowest BCUT2D eigenvalue weighted by molar-refractivity contribution is 0.398. The zero-order valence-electron chi connectivity index (χ0n) is 15.0. The zero-order chi connectivity index (χ0) is 19.9. The first-order valence-corrected chi connectivity index (χ1v) is 8.26. The molecule has 0 aromatic carbocycles. The molecule has 3 rings (SSSR count). The third-order valence-electron chi connectivity index (χ3n) is 3.76. The minimum absolute atomic E-state index is 0.000653. The summed E-state index contributed by atoms with van der Waals surface area (Å²) < 4.78 is 20.1. The van der Waals surface area contributed by atoms with Gasteiger partial charge in [-0.2, -0.15) is 5.10 Å². The summed E-state index contributed by atoms with van der Waals surface area (Å²) >= 11 is 0. The van der Waals surface area contributed by atoms with Gasteiger partial charge in [0.05, 0.1) is 20.0 Å². The van der Waals surface area contributed by atoms with E-state index in [9.17, 15) is 9.18 Å². The van der Waals surface area contributed by atoms with Gasteiger partial charge in [-0.1, -0.05) is 12.0 Å². The molecule has 0 aliphatic rings. The predicted octanol–water partition coefficient (Wildman–Crippen LogP) is 1.04. The van der Waals surface area contributed by atoms with E-state index in [0.29, 0.717) is 29.3 Å². The Balaban J connectivity index is 1.85. The summed E-state index contributed by atoms with van der Waals surface area (Å²) in [6, 6.07) is 8.60. The van der Waals surface area contributed by atoms with Gasteiger partial charge in [0.25, 0.3) is 0 Å². The number of ether oxygens (including phenoxy) is 1. The lowest BCUT2D eigenvalue weighted by atomic mass is 10.2. The van der Waals surface area contributed by atoms with Gasteiger partial charge in [0.2, 0.25) is 5.88 Å². The maximum atomic E-state index is 12.7. The zero-order valence-corrected chi connectivity index (χ0v) is 15.0. The van der Waals surface area contributed by atoms with E-state index in [1.807, 2.05) is 0 Å². The van der Waals surface area contributed by atoms with Crippen LogP contribution < -0.4 is 16.2 Å². The van der Waals surface area contributed by atoms with Crippen LogP contribution in [0.4, 0.5) is 4.39 Å². The number of aromatic nitrogens is 5. The molecule has 0 bridgehead atoms. The number of nitrogens with two attached hydrogens (primary N) is 1. The Morgan fingerprint density at radius 2 is 2.18 bits per heavy atom. The summed E-state index contributed by atoms with van der Waals surface area (Å²) in [4.78, 5) is 20.9. The number of nitrogens with zero attached hydrogens (tertiary/aromatic N) is 5. The van der Waals surface area contributed by atoms with Crippen molar-refractivity contribution in [3.05, 3.63) is 76.5 Å². The van der Waals surface area contributed by atoms with Crippen LogP contribution >= 0.6 is 0 Å². The molecule has 8 nitrogen and oxygen atoms in total. The molecule has 0 saturated carbocycles. The molecule has 142 valence electrons. The second kappa shape index (κ2) is 8.75. The van der Waals surface area contributed by atoms with E-state index in [1.54, 1.807) is 36.5 Å². The standard InChI is InChI=1S/C19H17FN6O2/c1-28-18-8-6-14(11-22-18)5-7-16-3-2-4-17(24-16)25-13-23-26(19(25)27)12-15(9-20)10-21/h2-4,6,8-9,11,13H,10,12,21H2,1H3/b15-9+. The van der Waals surface area contributed by atoms with Crippen LogP contribution in [-0.2, 0) is 6.54 Å². The maximum Gasteiger partial charge on any atom is 0.351 e. The van der Waals surface area contributed by atoms with Crippen LogP contribution in [0.5, 0.6) is 5.88 Å². The number of pyridine rings is 2. The van der Waals surface area contributed by atoms with Crippen molar-refractivity contribution in [2.45, 2.75) is 6.54 Å². The van der Waals surface area contributed by atoms with Gasteiger partial charge in [-0.25, -0.2) is 28.4 Å². The third-order valence-corrected chi connectivity index (χ3v) is 3.76. The van der Waals surface area contributed by atoms with Gasteiger partial charge < -0.3 is 10.5 Å². The second-order valence-corrected chi connectivity index (χ2v) is 5.63. The van der Waals surface area contributed by atoms with E-state index >= 15 is 0 Å². The lowest BCUT2D eigenvalue weighted by Crippen LogP contribution is -2.26. The molecule has 0 aliphatic carbocycles. The molecule has 2 N–H and O–H groups in total. The first kappa shape index (κ1) is 19.0. The van der Waals surface area contributed by atoms with Crippen molar-refractivity contribution in [2.75, 3.05) is 13.7 Å². The third kappa shape index (κ3) is 4.31. The van der Waals surface area contributed by atoms with Crippen LogP contribution in [-0.4, -0.2) is 38.0 Å². The number of hydrogen-bond acceptors (Lipinski definition) is 6. The van der Waals surface area contributed by atoms with Gasteiger partial charge in [-0.15, -0.1) is 0 Å². The van der Waals surface area contributed by atoms with Crippen LogP contribution in [0.25, 0.3) is 5.82 Å². The fourth-order valence-corrected chi connectivity index (χ4v) is 2.28. The largest absolute Gasteiger partial charge is 0.481 e. The molecule has 9 heteroatoms. The highest BCUT2D eigenvalue weighted by Crippen LogP contribution is 2.06. The molecular weight excluding hydrogens is 363 g/mol. The molecule has 0 unspecified atom stereocenters. The smallest absolute Gasteiger partial charge is 0.351 e. The molecule has 28 heavy (non-hydrogen) atoms. The van der Waals surface area contributed by atoms with Gasteiger partial charge in [-0.05, 0) is 29.7 Å². The molecule has 0 aliphatic heterocycles. The number of hydrogen-bond donors (Lipinski definition) is 1. The summed E-state index contributed by atoms with van der Waals surface area (Å²) in [5.41, 5.74) is 6.39. The van der Waals surface area contributed by atoms with Crippen molar-refractivity contribution in [1.29, 1.82) is 0 Å². The maximum absolute atomic E-state index is 12.7. The van der Waals surface area contributed by atoms with Crippen molar-refractivity contribution < 1.29 is 9.13 Å². The van der Waals surface area contributed by atoms with E-state index in [1.165, 1.54) is 18.0 Å². The quantitative estimate of drug-likeness (QED) is 0.664. The SMILES string of the molecule is COc1ccc(C#Cc2cccc(-n3cnn(C/C(=C/F)CN)c3=O)n2)cn1. The number of halogens is 1. The molecule has 0 atom stereocenters. The Labute approximate surface area is 160 Å². The molecule has 0 fully saturated rings. The summed E-state index contributed by atoms with van der Waals surface area (Å²) in [6.07, 6.45) is 3.30. The molecule has 3 heterocycles. The summed E-state index contributed by atoms with van der Waals surface area (Å²) in [5, 5.41) is 3.98. The molecule has 0 amide bonds. The van der Waals surface area contributed by atoms with Gasteiger partial charge in [0.1, 0.15) is 17.8 Å². The van der Waals surface area contributed by atoms with Crippen LogP contribution in [0, 0.1) is 11.8 Å². The predicted molar refractivity (Wildman–Crippen MR) is 101 cm³/mol. The Kier molecular flexibility index (Phi) is 5.94. The first-order chi connectivity index (χ1) is 13.6. The molecule has 3 aromatic heterocycles. The molecule has 3 aromatic rings. The summed E-state index contributed by atoms with van der Waals surface area (Å²) in [7, 11) is 1.54.